The highest BCUT2D eigenvalue weighted by molar-refractivity contribution is 5.76. The lowest BCUT2D eigenvalue weighted by Gasteiger charge is -2.16. The second-order valence-corrected chi connectivity index (χ2v) is 5.78. The van der Waals surface area contributed by atoms with Crippen molar-refractivity contribution in [1.29, 1.82) is 0 Å². The van der Waals surface area contributed by atoms with Crippen LogP contribution in [0.5, 0.6) is 0 Å². The molecule has 0 aliphatic rings. The Labute approximate surface area is 148 Å². The molecule has 8 heteroatoms. The highest BCUT2D eigenvalue weighted by atomic mass is 19.1. The molecule has 2 N–H and O–H groups in total. The van der Waals surface area contributed by atoms with Crippen molar-refractivity contribution in [3.8, 4) is 0 Å². The van der Waals surface area contributed by atoms with E-state index in [0.717, 1.165) is 30.2 Å². The first-order valence-electron chi connectivity index (χ1n) is 8.15. The number of carbonyl (C=O) groups is 1. The molecule has 0 saturated heterocycles. The Morgan fingerprint density at radius 3 is 2.69 bits per heavy atom. The normalized spacial score (nSPS) is 11.9. The monoisotopic (exact) mass is 357 g/mol. The summed E-state index contributed by atoms with van der Waals surface area (Å²) in [5, 5.41) is 15.9. The smallest absolute Gasteiger partial charge is 0.220 e. The van der Waals surface area contributed by atoms with Crippen LogP contribution >= 0.6 is 0 Å². The molecule has 3 rings (SSSR count). The summed E-state index contributed by atoms with van der Waals surface area (Å²) in [6.07, 6.45) is 1.61. The number of tetrazole rings is 1. The minimum atomic E-state index is -1.02. The van der Waals surface area contributed by atoms with Crippen LogP contribution in [0, 0.1) is 11.6 Å². The molecule has 0 aliphatic heterocycles. The molecule has 1 atom stereocenters. The number of benzene rings is 2. The van der Waals surface area contributed by atoms with Gasteiger partial charge in [-0.25, -0.2) is 8.78 Å². The number of halogens is 2. The SMILES string of the molecule is O=C(CCCc1ccccc1)NC(c1nn[nH]n1)c1cc(F)ccc1F. The van der Waals surface area contributed by atoms with Crippen LogP contribution in [-0.4, -0.2) is 26.5 Å². The quantitative estimate of drug-likeness (QED) is 0.681. The summed E-state index contributed by atoms with van der Waals surface area (Å²) < 4.78 is 27.7. The van der Waals surface area contributed by atoms with Gasteiger partial charge in [0.25, 0.3) is 0 Å². The van der Waals surface area contributed by atoms with Gasteiger partial charge in [-0.15, -0.1) is 10.2 Å². The number of aromatic amines is 1. The minimum absolute atomic E-state index is 0.0530. The van der Waals surface area contributed by atoms with Crippen molar-refractivity contribution in [2.24, 2.45) is 0 Å². The van der Waals surface area contributed by atoms with E-state index in [-0.39, 0.29) is 23.7 Å². The van der Waals surface area contributed by atoms with Crippen molar-refractivity contribution in [1.82, 2.24) is 25.9 Å². The Balaban J connectivity index is 1.68. The maximum atomic E-state index is 14.1. The number of hydrogen-bond donors (Lipinski definition) is 2. The number of hydrogen-bond acceptors (Lipinski definition) is 4. The second-order valence-electron chi connectivity index (χ2n) is 5.78. The first-order valence-corrected chi connectivity index (χ1v) is 8.15. The standard InChI is InChI=1S/C18H17F2N5O/c19-13-9-10-15(20)14(11-13)17(18-22-24-25-23-18)21-16(26)8-4-7-12-5-2-1-3-6-12/h1-3,5-6,9-11,17H,4,7-8H2,(H,21,26)(H,22,23,24,25). The van der Waals surface area contributed by atoms with Gasteiger partial charge in [-0.3, -0.25) is 4.79 Å². The van der Waals surface area contributed by atoms with Gasteiger partial charge in [0.05, 0.1) is 0 Å². The Hall–Kier alpha value is -3.16. The molecule has 6 nitrogen and oxygen atoms in total. The highest BCUT2D eigenvalue weighted by Gasteiger charge is 2.24. The van der Waals surface area contributed by atoms with Gasteiger partial charge >= 0.3 is 0 Å². The summed E-state index contributed by atoms with van der Waals surface area (Å²) in [6.45, 7) is 0. The second kappa shape index (κ2) is 8.28. The molecule has 134 valence electrons. The predicted molar refractivity (Wildman–Crippen MR) is 89.9 cm³/mol. The summed E-state index contributed by atoms with van der Waals surface area (Å²) in [5.41, 5.74) is 1.08. The van der Waals surface area contributed by atoms with E-state index in [1.165, 1.54) is 0 Å². The third-order valence-corrected chi connectivity index (χ3v) is 3.91. The molecule has 2 aromatic carbocycles. The number of nitrogens with one attached hydrogen (secondary N) is 2. The molecule has 0 bridgehead atoms. The zero-order valence-corrected chi connectivity index (χ0v) is 13.8. The summed E-state index contributed by atoms with van der Waals surface area (Å²) in [6, 6.07) is 11.8. The van der Waals surface area contributed by atoms with E-state index in [9.17, 15) is 13.6 Å². The van der Waals surface area contributed by atoms with Crippen molar-refractivity contribution in [3.63, 3.8) is 0 Å². The number of nitrogens with zero attached hydrogens (tertiary/aromatic N) is 3. The number of aromatic nitrogens is 4. The summed E-state index contributed by atoms with van der Waals surface area (Å²) >= 11 is 0. The lowest BCUT2D eigenvalue weighted by atomic mass is 10.0. The van der Waals surface area contributed by atoms with E-state index in [2.05, 4.69) is 25.9 Å². The molecule has 0 aliphatic carbocycles. The average molecular weight is 357 g/mol. The average Bonchev–Trinajstić information content (AvgIpc) is 3.17. The summed E-state index contributed by atoms with van der Waals surface area (Å²) in [5.74, 6) is -1.52. The van der Waals surface area contributed by atoms with Gasteiger partial charge < -0.3 is 5.32 Å². The van der Waals surface area contributed by atoms with Crippen molar-refractivity contribution in [2.75, 3.05) is 0 Å². The van der Waals surface area contributed by atoms with E-state index in [1.54, 1.807) is 0 Å². The number of carbonyl (C=O) groups excluding carboxylic acids is 1. The van der Waals surface area contributed by atoms with Crippen LogP contribution in [0.2, 0.25) is 0 Å². The molecule has 1 aromatic heterocycles. The third-order valence-electron chi connectivity index (χ3n) is 3.91. The molecule has 1 amide bonds. The largest absolute Gasteiger partial charge is 0.342 e. The topological polar surface area (TPSA) is 83.6 Å². The van der Waals surface area contributed by atoms with Crippen LogP contribution in [0.25, 0.3) is 0 Å². The first kappa shape index (κ1) is 17.7. The van der Waals surface area contributed by atoms with Crippen LogP contribution < -0.4 is 5.32 Å². The Bertz CT molecular complexity index is 855. The number of amides is 1. The molecule has 1 heterocycles. The van der Waals surface area contributed by atoms with Crippen LogP contribution in [0.3, 0.4) is 0 Å². The molecule has 0 spiro atoms. The van der Waals surface area contributed by atoms with Crippen molar-refractivity contribution in [2.45, 2.75) is 25.3 Å². The summed E-state index contributed by atoms with van der Waals surface area (Å²) in [7, 11) is 0. The van der Waals surface area contributed by atoms with Crippen LogP contribution in [0.1, 0.15) is 35.8 Å². The van der Waals surface area contributed by atoms with E-state index in [4.69, 9.17) is 0 Å². The molecular weight excluding hydrogens is 340 g/mol. The van der Waals surface area contributed by atoms with E-state index in [0.29, 0.717) is 6.42 Å². The molecule has 0 radical (unpaired) electrons. The van der Waals surface area contributed by atoms with Crippen LogP contribution in [0.15, 0.2) is 48.5 Å². The maximum Gasteiger partial charge on any atom is 0.220 e. The number of aryl methyl sites for hydroxylation is 1. The zero-order valence-electron chi connectivity index (χ0n) is 13.8. The van der Waals surface area contributed by atoms with Gasteiger partial charge in [0.15, 0.2) is 0 Å². The predicted octanol–water partition coefficient (Wildman–Crippen LogP) is 2.71. The minimum Gasteiger partial charge on any atom is -0.342 e. The van der Waals surface area contributed by atoms with Gasteiger partial charge in [-0.05, 0) is 36.6 Å². The highest BCUT2D eigenvalue weighted by Crippen LogP contribution is 2.22. The lowest BCUT2D eigenvalue weighted by Crippen LogP contribution is -2.30. The van der Waals surface area contributed by atoms with Gasteiger partial charge in [-0.2, -0.15) is 5.21 Å². The van der Waals surface area contributed by atoms with Gasteiger partial charge in [0.1, 0.15) is 17.7 Å². The number of rotatable bonds is 7. The fourth-order valence-corrected chi connectivity index (χ4v) is 2.64. The Morgan fingerprint density at radius 1 is 1.15 bits per heavy atom. The fourth-order valence-electron chi connectivity index (χ4n) is 2.64. The lowest BCUT2D eigenvalue weighted by molar-refractivity contribution is -0.121. The van der Waals surface area contributed by atoms with Crippen molar-refractivity contribution < 1.29 is 13.6 Å². The summed E-state index contributed by atoms with van der Waals surface area (Å²) in [4.78, 5) is 12.3. The van der Waals surface area contributed by atoms with Gasteiger partial charge in [0, 0.05) is 12.0 Å². The maximum absolute atomic E-state index is 14.1. The fraction of sp³-hybridized carbons (Fsp3) is 0.222. The molecule has 1 unspecified atom stereocenters. The van der Waals surface area contributed by atoms with Gasteiger partial charge in [-0.1, -0.05) is 35.5 Å². The molecule has 0 saturated carbocycles. The Morgan fingerprint density at radius 2 is 1.96 bits per heavy atom. The number of H-pyrrole nitrogens is 1. The van der Waals surface area contributed by atoms with Crippen molar-refractivity contribution in [3.05, 3.63) is 77.1 Å². The molecular formula is C18H17F2N5O. The zero-order chi connectivity index (χ0) is 18.4. The van der Waals surface area contributed by atoms with Crippen LogP contribution in [-0.2, 0) is 11.2 Å². The first-order chi connectivity index (χ1) is 12.6. The van der Waals surface area contributed by atoms with Crippen molar-refractivity contribution >= 4 is 5.91 Å². The van der Waals surface area contributed by atoms with E-state index in [1.807, 2.05) is 30.3 Å². The van der Waals surface area contributed by atoms with Crippen LogP contribution in [0.4, 0.5) is 8.78 Å². The molecule has 26 heavy (non-hydrogen) atoms. The molecule has 3 aromatic rings. The van der Waals surface area contributed by atoms with E-state index < -0.39 is 17.7 Å². The third kappa shape index (κ3) is 4.47. The van der Waals surface area contributed by atoms with E-state index >= 15 is 0 Å². The Kier molecular flexibility index (Phi) is 5.62. The van der Waals surface area contributed by atoms with Gasteiger partial charge in [0.2, 0.25) is 11.7 Å². The molecule has 0 fully saturated rings.